The number of phenols is 3. The van der Waals surface area contributed by atoms with Crippen LogP contribution in [-0.4, -0.2) is 143 Å². The van der Waals surface area contributed by atoms with Gasteiger partial charge in [-0.15, -0.1) is 0 Å². The van der Waals surface area contributed by atoms with E-state index >= 15 is 26.3 Å². The number of aromatic hydroxyl groups is 3. The van der Waals surface area contributed by atoms with Crippen molar-refractivity contribution >= 4 is 18.6 Å². The molecule has 0 saturated heterocycles. The number of hydrogen-bond donors (Lipinski definition) is 3. The van der Waals surface area contributed by atoms with Crippen LogP contribution in [0.2, 0.25) is 0 Å². The molecular formula is C44H24F39N3O3. The van der Waals surface area contributed by atoms with Crippen LogP contribution in [0, 0.1) is 5.41 Å². The second-order valence-corrected chi connectivity index (χ2v) is 18.6. The summed E-state index contributed by atoms with van der Waals surface area (Å²) >= 11 is 0. The average Bonchev–Trinajstić information content (AvgIpc) is 0.723. The Morgan fingerprint density at radius 3 is 0.607 bits per heavy atom. The van der Waals surface area contributed by atoms with Crippen molar-refractivity contribution in [2.24, 2.45) is 20.4 Å². The average molecular weight is 1380 g/mol. The van der Waals surface area contributed by atoms with Crippen molar-refractivity contribution in [3.05, 3.63) is 88.0 Å². The minimum absolute atomic E-state index is 0.119. The molecule has 0 heterocycles. The highest BCUT2D eigenvalue weighted by Gasteiger charge is 2.94. The summed E-state index contributed by atoms with van der Waals surface area (Å²) in [5.74, 6) is -125. The molecule has 3 N–H and O–H groups in total. The first-order valence-electron chi connectivity index (χ1n) is 21.9. The molecule has 0 aliphatic carbocycles. The zero-order valence-corrected chi connectivity index (χ0v) is 41.5. The van der Waals surface area contributed by atoms with Crippen LogP contribution in [0.1, 0.15) is 40.3 Å². The molecule has 0 radical (unpaired) electrons. The predicted molar refractivity (Wildman–Crippen MR) is 219 cm³/mol. The second-order valence-electron chi connectivity index (χ2n) is 18.6. The van der Waals surface area contributed by atoms with E-state index in [1.165, 1.54) is 0 Å². The van der Waals surface area contributed by atoms with E-state index in [-0.39, 0.29) is 36.8 Å². The Labute approximate surface area is 465 Å². The van der Waals surface area contributed by atoms with Crippen molar-refractivity contribution in [2.75, 3.05) is 19.6 Å². The first kappa shape index (κ1) is 76.6. The Bertz CT molecular complexity index is 2810. The van der Waals surface area contributed by atoms with Crippen LogP contribution in [0.5, 0.6) is 17.2 Å². The van der Waals surface area contributed by atoms with Gasteiger partial charge in [0.25, 0.3) is 0 Å². The lowest BCUT2D eigenvalue weighted by molar-refractivity contribution is -0.441. The molecule has 506 valence electrons. The monoisotopic (exact) mass is 1380 g/mol. The van der Waals surface area contributed by atoms with Crippen LogP contribution in [0.4, 0.5) is 171 Å². The van der Waals surface area contributed by atoms with E-state index in [1.54, 1.807) is 0 Å². The largest absolute Gasteiger partial charge is 0.507 e. The maximum Gasteiger partial charge on any atom is 0.460 e. The summed E-state index contributed by atoms with van der Waals surface area (Å²) in [6.07, 6.45) is -23.9. The quantitative estimate of drug-likeness (QED) is 0.0616. The Morgan fingerprint density at radius 2 is 0.438 bits per heavy atom. The zero-order valence-electron chi connectivity index (χ0n) is 41.5. The van der Waals surface area contributed by atoms with Crippen LogP contribution < -0.4 is 0 Å². The van der Waals surface area contributed by atoms with Gasteiger partial charge in [0.2, 0.25) is 0 Å². The van der Waals surface area contributed by atoms with Crippen molar-refractivity contribution < 1.29 is 187 Å². The molecule has 3 aromatic carbocycles. The molecule has 89 heavy (non-hydrogen) atoms. The number of hydrogen-bond acceptors (Lipinski definition) is 6. The molecule has 0 amide bonds. The molecule has 0 unspecified atom stereocenters. The summed E-state index contributed by atoms with van der Waals surface area (Å²) in [4.78, 5) is 10.1. The van der Waals surface area contributed by atoms with Gasteiger partial charge in [0, 0.05) is 77.1 Å². The number of phenolic OH excluding ortho intramolecular Hbond substituents is 3. The van der Waals surface area contributed by atoms with E-state index in [1.807, 2.05) is 0 Å². The summed E-state index contributed by atoms with van der Waals surface area (Å²) in [7, 11) is 0. The van der Waals surface area contributed by atoms with Crippen LogP contribution in [-0.2, 0) is 17.8 Å². The number of aliphatic imine (C=N–C) groups is 3. The summed E-state index contributed by atoms with van der Waals surface area (Å²) in [5, 5.41) is 30.4. The fraction of sp³-hybridized carbons (Fsp3) is 0.523. The van der Waals surface area contributed by atoms with E-state index in [2.05, 4.69) is 15.0 Å². The van der Waals surface area contributed by atoms with Crippen LogP contribution in [0.15, 0.2) is 69.6 Å². The first-order chi connectivity index (χ1) is 39.0. The van der Waals surface area contributed by atoms with E-state index in [4.69, 9.17) is 0 Å². The van der Waals surface area contributed by atoms with Gasteiger partial charge in [-0.2, -0.15) is 171 Å². The van der Waals surface area contributed by atoms with Crippen molar-refractivity contribution in [1.29, 1.82) is 0 Å². The van der Waals surface area contributed by atoms with Gasteiger partial charge in [-0.1, -0.05) is 6.92 Å². The maximum absolute atomic E-state index is 15.0. The van der Waals surface area contributed by atoms with Crippen molar-refractivity contribution in [1.82, 2.24) is 0 Å². The fourth-order valence-electron chi connectivity index (χ4n) is 6.66. The molecule has 0 aliphatic rings. The van der Waals surface area contributed by atoms with Crippen molar-refractivity contribution in [3.8, 4) is 17.2 Å². The topological polar surface area (TPSA) is 97.8 Å². The van der Waals surface area contributed by atoms with Gasteiger partial charge in [0.15, 0.2) is 0 Å². The molecule has 0 fully saturated rings. The van der Waals surface area contributed by atoms with E-state index < -0.39 is 219 Å². The lowest BCUT2D eigenvalue weighted by Crippen LogP contribution is -2.69. The summed E-state index contributed by atoms with van der Waals surface area (Å²) < 4.78 is 541. The van der Waals surface area contributed by atoms with Gasteiger partial charge in [-0.25, -0.2) is 0 Å². The number of benzene rings is 3. The molecule has 0 spiro atoms. The van der Waals surface area contributed by atoms with Crippen LogP contribution in [0.3, 0.4) is 0 Å². The van der Waals surface area contributed by atoms with Gasteiger partial charge in [-0.05, 0) is 54.6 Å². The number of alkyl halides is 39. The van der Waals surface area contributed by atoms with Crippen LogP contribution in [0.25, 0.3) is 0 Å². The second kappa shape index (κ2) is 22.6. The third-order valence-electron chi connectivity index (χ3n) is 12.1. The lowest BCUT2D eigenvalue weighted by atomic mass is 9.89. The smallest absolute Gasteiger partial charge is 0.460 e. The SMILES string of the molecule is CC(CN=Cc1cc(C(F)(F)C(F)(F)C(F)(F)C(F)(F)C(F)(F)C(F)(F)F)ccc1O)(CN=Cc1cc(C(F)(F)C(F)(F)C(F)(F)C(F)(F)C(F)(F)C(F)(F)F)ccc1O)CN=Cc1cc(C(F)(F)C(F)(F)C(F)(F)C(F)(F)C(F)(F)C(F)(F)F)ccc1O. The highest BCUT2D eigenvalue weighted by atomic mass is 19.5. The van der Waals surface area contributed by atoms with Gasteiger partial charge in [0.05, 0.1) is 0 Å². The molecule has 6 nitrogen and oxygen atoms in total. The van der Waals surface area contributed by atoms with E-state index in [0.717, 1.165) is 0 Å². The minimum Gasteiger partial charge on any atom is -0.507 e. The number of halogens is 39. The first-order valence-corrected chi connectivity index (χ1v) is 21.9. The molecule has 0 saturated carbocycles. The summed E-state index contributed by atoms with van der Waals surface area (Å²) in [6.45, 7) is -3.69. The zero-order chi connectivity index (χ0) is 70.4. The Kier molecular flexibility index (Phi) is 19.5. The minimum atomic E-state index is -8.43. The van der Waals surface area contributed by atoms with E-state index in [9.17, 15) is 160 Å². The van der Waals surface area contributed by atoms with Crippen molar-refractivity contribution in [3.63, 3.8) is 0 Å². The molecule has 0 aromatic heterocycles. The molecule has 45 heteroatoms. The maximum atomic E-state index is 15.0. The molecule has 0 bridgehead atoms. The Hall–Kier alpha value is -6.66. The molecule has 3 rings (SSSR count). The molecule has 3 aromatic rings. The third-order valence-corrected chi connectivity index (χ3v) is 12.1. The Morgan fingerprint density at radius 1 is 0.270 bits per heavy atom. The number of nitrogens with zero attached hydrogens (tertiary/aromatic N) is 3. The van der Waals surface area contributed by atoms with Gasteiger partial charge >= 0.3 is 107 Å². The van der Waals surface area contributed by atoms with Gasteiger partial charge in [-0.3, -0.25) is 15.0 Å². The normalized spacial score (nSPS) is 16.3. The Balaban J connectivity index is 2.26. The number of rotatable bonds is 24. The molecule has 0 aliphatic heterocycles. The molecule has 0 atom stereocenters. The van der Waals surface area contributed by atoms with E-state index in [0.29, 0.717) is 6.92 Å². The standard InChI is InChI=1S/C44H24F39N3O3/c1-26(14-84-11-17-8-20(2-5-23(17)87)27(45,46)30(51,52)33(57,58)36(63,64)39(69,70)42(75,76)77,15-85-12-18-9-21(3-6-24(18)88)28(47,48)31(53,54)34(59,60)37(65,66)40(71,72)43(78,79)80)16-86-13-19-10-22(4-7-25(19)89)29(49,50)32(55,56)35(61,62)38(67,68)41(73,74)44(81,82)83/h2-13,87-89H,14-16H2,1H3. The predicted octanol–water partition coefficient (Wildman–Crippen LogP) is 17.1. The summed E-state index contributed by atoms with van der Waals surface area (Å²) in [5.41, 5.74) is -15.6. The highest BCUT2D eigenvalue weighted by molar-refractivity contribution is 5.85. The molecular weight excluding hydrogens is 1360 g/mol. The summed E-state index contributed by atoms with van der Waals surface area (Å²) in [6, 6.07) is -4.55. The lowest BCUT2D eigenvalue weighted by Gasteiger charge is -2.39. The van der Waals surface area contributed by atoms with Gasteiger partial charge in [0.1, 0.15) is 17.2 Å². The van der Waals surface area contributed by atoms with Gasteiger partial charge < -0.3 is 15.3 Å². The van der Waals surface area contributed by atoms with Crippen molar-refractivity contribution in [2.45, 2.75) is 114 Å². The third kappa shape index (κ3) is 12.0. The highest BCUT2D eigenvalue weighted by Crippen LogP contribution is 2.66. The van der Waals surface area contributed by atoms with Crippen LogP contribution >= 0.6 is 0 Å². The fourth-order valence-corrected chi connectivity index (χ4v) is 6.66.